The van der Waals surface area contributed by atoms with Crippen LogP contribution < -0.4 is 10.6 Å². The Bertz CT molecular complexity index is 570. The summed E-state index contributed by atoms with van der Waals surface area (Å²) in [6, 6.07) is 13.1. The summed E-state index contributed by atoms with van der Waals surface area (Å²) < 4.78 is 0. The number of aromatic nitrogens is 1. The fraction of sp³-hybridized carbons (Fsp3) is 0.133. The van der Waals surface area contributed by atoms with Crippen LogP contribution in [0, 0.1) is 0 Å². The second kappa shape index (κ2) is 7.04. The first-order valence-corrected chi connectivity index (χ1v) is 6.29. The third-order valence-corrected chi connectivity index (χ3v) is 2.67. The highest BCUT2D eigenvalue weighted by Gasteiger charge is 2.12. The molecule has 0 aliphatic heterocycles. The fourth-order valence-electron chi connectivity index (χ4n) is 1.67. The Morgan fingerprint density at radius 3 is 2.50 bits per heavy atom. The van der Waals surface area contributed by atoms with Crippen molar-refractivity contribution < 1.29 is 9.59 Å². The van der Waals surface area contributed by atoms with Crippen LogP contribution >= 0.6 is 0 Å². The zero-order valence-electron chi connectivity index (χ0n) is 10.9. The smallest absolute Gasteiger partial charge is 0.313 e. The molecule has 0 radical (unpaired) electrons. The van der Waals surface area contributed by atoms with E-state index in [4.69, 9.17) is 0 Å². The molecule has 1 aromatic carbocycles. The van der Waals surface area contributed by atoms with Crippen LogP contribution in [0.3, 0.4) is 0 Å². The number of benzene rings is 1. The molecule has 20 heavy (non-hydrogen) atoms. The van der Waals surface area contributed by atoms with Gasteiger partial charge in [-0.1, -0.05) is 30.3 Å². The molecule has 0 saturated heterocycles. The van der Waals surface area contributed by atoms with Gasteiger partial charge >= 0.3 is 11.8 Å². The number of hydrogen-bond acceptors (Lipinski definition) is 3. The molecule has 0 spiro atoms. The van der Waals surface area contributed by atoms with Gasteiger partial charge in [-0.05, 0) is 24.1 Å². The molecule has 5 nitrogen and oxygen atoms in total. The number of anilines is 1. The maximum atomic E-state index is 11.6. The van der Waals surface area contributed by atoms with Crippen molar-refractivity contribution in [3.05, 3.63) is 60.4 Å². The van der Waals surface area contributed by atoms with Crippen molar-refractivity contribution in [1.29, 1.82) is 0 Å². The van der Waals surface area contributed by atoms with Gasteiger partial charge in [-0.3, -0.25) is 14.6 Å². The predicted molar refractivity (Wildman–Crippen MR) is 76.0 cm³/mol. The van der Waals surface area contributed by atoms with E-state index in [-0.39, 0.29) is 0 Å². The average molecular weight is 269 g/mol. The van der Waals surface area contributed by atoms with Gasteiger partial charge in [0.1, 0.15) is 0 Å². The molecule has 2 N–H and O–H groups in total. The first kappa shape index (κ1) is 13.7. The van der Waals surface area contributed by atoms with E-state index >= 15 is 0 Å². The SMILES string of the molecule is O=C(NCCc1ccccc1)C(=O)Nc1cccnc1. The molecule has 1 heterocycles. The Kier molecular flexibility index (Phi) is 4.83. The first-order valence-electron chi connectivity index (χ1n) is 6.29. The maximum absolute atomic E-state index is 11.6. The molecular formula is C15H15N3O2. The van der Waals surface area contributed by atoms with E-state index < -0.39 is 11.8 Å². The van der Waals surface area contributed by atoms with Crippen LogP contribution in [0.25, 0.3) is 0 Å². The zero-order chi connectivity index (χ0) is 14.2. The maximum Gasteiger partial charge on any atom is 0.313 e. The molecule has 1 aromatic heterocycles. The normalized spacial score (nSPS) is 9.80. The van der Waals surface area contributed by atoms with Crippen molar-refractivity contribution in [3.8, 4) is 0 Å². The summed E-state index contributed by atoms with van der Waals surface area (Å²) in [4.78, 5) is 27.1. The van der Waals surface area contributed by atoms with Crippen LogP contribution in [0.2, 0.25) is 0 Å². The van der Waals surface area contributed by atoms with Crippen molar-refractivity contribution in [1.82, 2.24) is 10.3 Å². The third kappa shape index (κ3) is 4.20. The van der Waals surface area contributed by atoms with Crippen LogP contribution in [-0.2, 0) is 16.0 Å². The molecule has 0 aliphatic rings. The summed E-state index contributed by atoms with van der Waals surface area (Å²) in [5.41, 5.74) is 1.61. The Morgan fingerprint density at radius 1 is 1.00 bits per heavy atom. The molecule has 0 fully saturated rings. The lowest BCUT2D eigenvalue weighted by molar-refractivity contribution is -0.136. The van der Waals surface area contributed by atoms with Crippen molar-refractivity contribution >= 4 is 17.5 Å². The van der Waals surface area contributed by atoms with Crippen LogP contribution in [0.5, 0.6) is 0 Å². The van der Waals surface area contributed by atoms with Gasteiger partial charge in [0, 0.05) is 12.7 Å². The number of nitrogens with zero attached hydrogens (tertiary/aromatic N) is 1. The van der Waals surface area contributed by atoms with E-state index in [2.05, 4.69) is 15.6 Å². The number of nitrogens with one attached hydrogen (secondary N) is 2. The fourth-order valence-corrected chi connectivity index (χ4v) is 1.67. The quantitative estimate of drug-likeness (QED) is 0.824. The van der Waals surface area contributed by atoms with Gasteiger partial charge in [0.15, 0.2) is 0 Å². The van der Waals surface area contributed by atoms with E-state index in [0.717, 1.165) is 5.56 Å². The summed E-state index contributed by atoms with van der Waals surface area (Å²) in [6.45, 7) is 0.420. The van der Waals surface area contributed by atoms with Crippen LogP contribution in [0.4, 0.5) is 5.69 Å². The van der Waals surface area contributed by atoms with Gasteiger partial charge in [-0.2, -0.15) is 0 Å². The number of pyridine rings is 1. The Morgan fingerprint density at radius 2 is 1.80 bits per heavy atom. The summed E-state index contributed by atoms with van der Waals surface area (Å²) in [7, 11) is 0. The van der Waals surface area contributed by atoms with Crippen LogP contribution in [0.15, 0.2) is 54.9 Å². The number of hydrogen-bond donors (Lipinski definition) is 2. The van der Waals surface area contributed by atoms with E-state index in [1.165, 1.54) is 6.20 Å². The van der Waals surface area contributed by atoms with Gasteiger partial charge in [0.2, 0.25) is 0 Å². The number of carbonyl (C=O) groups excluding carboxylic acids is 2. The van der Waals surface area contributed by atoms with E-state index in [1.807, 2.05) is 30.3 Å². The minimum atomic E-state index is -0.689. The van der Waals surface area contributed by atoms with Gasteiger partial charge in [0.25, 0.3) is 0 Å². The lowest BCUT2D eigenvalue weighted by Crippen LogP contribution is -2.36. The minimum absolute atomic E-state index is 0.420. The summed E-state index contributed by atoms with van der Waals surface area (Å²) in [6.07, 6.45) is 3.76. The number of amides is 2. The average Bonchev–Trinajstić information content (AvgIpc) is 2.49. The van der Waals surface area contributed by atoms with Crippen molar-refractivity contribution in [2.75, 3.05) is 11.9 Å². The summed E-state index contributed by atoms with van der Waals surface area (Å²) in [5.74, 6) is -1.34. The minimum Gasteiger partial charge on any atom is -0.347 e. The molecular weight excluding hydrogens is 254 g/mol. The molecule has 0 saturated carbocycles. The monoisotopic (exact) mass is 269 g/mol. The van der Waals surface area contributed by atoms with E-state index in [0.29, 0.717) is 18.7 Å². The highest BCUT2D eigenvalue weighted by molar-refractivity contribution is 6.39. The second-order valence-electron chi connectivity index (χ2n) is 4.19. The molecule has 2 aromatic rings. The van der Waals surface area contributed by atoms with E-state index in [9.17, 15) is 9.59 Å². The molecule has 0 bridgehead atoms. The predicted octanol–water partition coefficient (Wildman–Crippen LogP) is 1.38. The van der Waals surface area contributed by atoms with Gasteiger partial charge in [-0.25, -0.2) is 0 Å². The molecule has 0 atom stereocenters. The molecule has 102 valence electrons. The van der Waals surface area contributed by atoms with Crippen molar-refractivity contribution in [2.24, 2.45) is 0 Å². The highest BCUT2D eigenvalue weighted by atomic mass is 16.2. The third-order valence-electron chi connectivity index (χ3n) is 2.67. The molecule has 0 aliphatic carbocycles. The lowest BCUT2D eigenvalue weighted by atomic mass is 10.1. The zero-order valence-corrected chi connectivity index (χ0v) is 10.9. The lowest BCUT2D eigenvalue weighted by Gasteiger charge is -2.06. The second-order valence-corrected chi connectivity index (χ2v) is 4.19. The van der Waals surface area contributed by atoms with E-state index in [1.54, 1.807) is 18.3 Å². The summed E-state index contributed by atoms with van der Waals surface area (Å²) >= 11 is 0. The Hall–Kier alpha value is -2.69. The Labute approximate surface area is 117 Å². The topological polar surface area (TPSA) is 71.1 Å². The van der Waals surface area contributed by atoms with Gasteiger partial charge in [0.05, 0.1) is 11.9 Å². The van der Waals surface area contributed by atoms with Crippen molar-refractivity contribution in [2.45, 2.75) is 6.42 Å². The van der Waals surface area contributed by atoms with Gasteiger partial charge in [-0.15, -0.1) is 0 Å². The first-order chi connectivity index (χ1) is 9.75. The van der Waals surface area contributed by atoms with Crippen molar-refractivity contribution in [3.63, 3.8) is 0 Å². The van der Waals surface area contributed by atoms with Crippen LogP contribution in [0.1, 0.15) is 5.56 Å². The largest absolute Gasteiger partial charge is 0.347 e. The van der Waals surface area contributed by atoms with Gasteiger partial charge < -0.3 is 10.6 Å². The Balaban J connectivity index is 1.76. The molecule has 5 heteroatoms. The summed E-state index contributed by atoms with van der Waals surface area (Å²) in [5, 5.41) is 5.06. The highest BCUT2D eigenvalue weighted by Crippen LogP contribution is 2.02. The molecule has 2 amide bonds. The molecule has 2 rings (SSSR count). The number of rotatable bonds is 4. The molecule has 0 unspecified atom stereocenters. The standard InChI is InChI=1S/C15H15N3O2/c19-14(15(20)18-13-7-4-9-16-11-13)17-10-8-12-5-2-1-3-6-12/h1-7,9,11H,8,10H2,(H,17,19)(H,18,20). The number of carbonyl (C=O) groups is 2. The van der Waals surface area contributed by atoms with Crippen LogP contribution in [-0.4, -0.2) is 23.3 Å².